The lowest BCUT2D eigenvalue weighted by Crippen LogP contribution is -2.53. The van der Waals surface area contributed by atoms with Crippen LogP contribution in [0.1, 0.15) is 45.7 Å². The fourth-order valence-corrected chi connectivity index (χ4v) is 5.13. The second-order valence-electron chi connectivity index (χ2n) is 9.30. The van der Waals surface area contributed by atoms with Gasteiger partial charge in [-0.25, -0.2) is 4.98 Å². The van der Waals surface area contributed by atoms with Crippen molar-refractivity contribution in [3.8, 4) is 5.82 Å². The lowest BCUT2D eigenvalue weighted by molar-refractivity contribution is -0.132. The van der Waals surface area contributed by atoms with E-state index in [2.05, 4.69) is 59.5 Å². The number of carbonyl (C=O) groups excluding carboxylic acids is 1. The van der Waals surface area contributed by atoms with E-state index in [1.807, 2.05) is 12.3 Å². The molecule has 2 aromatic rings. The number of aromatic nitrogens is 2. The van der Waals surface area contributed by atoms with Gasteiger partial charge in [0, 0.05) is 37.9 Å². The Morgan fingerprint density at radius 2 is 2.14 bits per heavy atom. The average molecular weight is 379 g/mol. The molecule has 2 aromatic heterocycles. The predicted octanol–water partition coefficient (Wildman–Crippen LogP) is 3.82. The Morgan fingerprint density at radius 3 is 2.89 bits per heavy atom. The van der Waals surface area contributed by atoms with E-state index in [0.29, 0.717) is 17.7 Å². The van der Waals surface area contributed by atoms with Gasteiger partial charge in [-0.1, -0.05) is 20.8 Å². The highest BCUT2D eigenvalue weighted by molar-refractivity contribution is 5.82. The highest BCUT2D eigenvalue weighted by Gasteiger charge is 2.52. The van der Waals surface area contributed by atoms with Gasteiger partial charge in [0.05, 0.1) is 11.4 Å². The quantitative estimate of drug-likeness (QED) is 0.812. The zero-order chi connectivity index (χ0) is 19.5. The SMILES string of the molecule is CC(C)CCN1c2cccnc2-n2cccc2[C@]12CCN(C(=O)[C@@H]1C[C@H]1C)C2. The second kappa shape index (κ2) is 6.36. The number of nitrogens with zero attached hydrogens (tertiary/aromatic N) is 4. The fourth-order valence-electron chi connectivity index (χ4n) is 5.13. The van der Waals surface area contributed by atoms with E-state index in [0.717, 1.165) is 44.7 Å². The van der Waals surface area contributed by atoms with Crippen LogP contribution in [0.2, 0.25) is 0 Å². The van der Waals surface area contributed by atoms with Gasteiger partial charge < -0.3 is 14.4 Å². The fraction of sp³-hybridized carbons (Fsp3) is 0.565. The summed E-state index contributed by atoms with van der Waals surface area (Å²) in [6.45, 7) is 9.37. The Labute approximate surface area is 167 Å². The zero-order valence-electron chi connectivity index (χ0n) is 17.1. The van der Waals surface area contributed by atoms with Crippen LogP contribution in [0, 0.1) is 17.8 Å². The molecule has 5 rings (SSSR count). The van der Waals surface area contributed by atoms with Crippen molar-refractivity contribution < 1.29 is 4.79 Å². The topological polar surface area (TPSA) is 41.4 Å². The van der Waals surface area contributed by atoms with E-state index in [9.17, 15) is 4.79 Å². The summed E-state index contributed by atoms with van der Waals surface area (Å²) < 4.78 is 2.24. The number of anilines is 1. The van der Waals surface area contributed by atoms with E-state index in [-0.39, 0.29) is 11.5 Å². The molecule has 3 aliphatic rings. The van der Waals surface area contributed by atoms with Gasteiger partial charge in [-0.2, -0.15) is 0 Å². The molecule has 1 saturated carbocycles. The predicted molar refractivity (Wildman–Crippen MR) is 111 cm³/mol. The van der Waals surface area contributed by atoms with E-state index >= 15 is 0 Å². The van der Waals surface area contributed by atoms with Crippen LogP contribution in [-0.2, 0) is 10.3 Å². The molecule has 0 unspecified atom stereocenters. The molecular formula is C23H30N4O. The molecule has 0 aromatic carbocycles. The van der Waals surface area contributed by atoms with Gasteiger partial charge in [0.15, 0.2) is 5.82 Å². The van der Waals surface area contributed by atoms with Crippen LogP contribution < -0.4 is 4.90 Å². The molecule has 2 fully saturated rings. The van der Waals surface area contributed by atoms with E-state index < -0.39 is 0 Å². The van der Waals surface area contributed by atoms with Crippen LogP contribution in [0.4, 0.5) is 5.69 Å². The number of hydrogen-bond acceptors (Lipinski definition) is 3. The molecule has 5 heteroatoms. The molecule has 0 bridgehead atoms. The van der Waals surface area contributed by atoms with Crippen LogP contribution in [0.5, 0.6) is 0 Å². The number of pyridine rings is 1. The highest BCUT2D eigenvalue weighted by atomic mass is 16.2. The first-order chi connectivity index (χ1) is 13.5. The van der Waals surface area contributed by atoms with Gasteiger partial charge in [0.2, 0.25) is 5.91 Å². The van der Waals surface area contributed by atoms with Crippen molar-refractivity contribution in [3.63, 3.8) is 0 Å². The van der Waals surface area contributed by atoms with Gasteiger partial charge in [-0.05, 0) is 55.4 Å². The molecular weight excluding hydrogens is 348 g/mol. The maximum absolute atomic E-state index is 13.0. The number of fused-ring (bicyclic) bond motifs is 4. The highest BCUT2D eigenvalue weighted by Crippen LogP contribution is 2.48. The third-order valence-electron chi connectivity index (χ3n) is 6.94. The first-order valence-electron chi connectivity index (χ1n) is 10.7. The third kappa shape index (κ3) is 2.59. The number of likely N-dealkylation sites (tertiary alicyclic amines) is 1. The van der Waals surface area contributed by atoms with Gasteiger partial charge in [0.25, 0.3) is 0 Å². The normalized spacial score (nSPS) is 28.0. The summed E-state index contributed by atoms with van der Waals surface area (Å²) >= 11 is 0. The summed E-state index contributed by atoms with van der Waals surface area (Å²) in [5.41, 5.74) is 2.32. The molecule has 148 valence electrons. The monoisotopic (exact) mass is 378 g/mol. The largest absolute Gasteiger partial charge is 0.355 e. The average Bonchev–Trinajstić information content (AvgIpc) is 3.09. The van der Waals surface area contributed by atoms with Gasteiger partial charge in [-0.3, -0.25) is 4.79 Å². The first kappa shape index (κ1) is 17.8. The standard InChI is InChI=1S/C23H30N4O/c1-16(2)8-12-27-19-6-4-10-24-21(19)26-11-5-7-20(26)23(27)9-13-25(15-23)22(28)18-14-17(18)3/h4-7,10-11,16-18H,8-9,12-15H2,1-3H3/t17-,18-,23-/m1/s1. The Hall–Kier alpha value is -2.30. The Balaban J connectivity index is 1.56. The summed E-state index contributed by atoms with van der Waals surface area (Å²) in [6.07, 6.45) is 7.17. The minimum atomic E-state index is -0.151. The summed E-state index contributed by atoms with van der Waals surface area (Å²) in [7, 11) is 0. The lowest BCUT2D eigenvalue weighted by Gasteiger charge is -2.47. The van der Waals surface area contributed by atoms with Crippen LogP contribution in [0.15, 0.2) is 36.7 Å². The van der Waals surface area contributed by atoms with Crippen LogP contribution in [-0.4, -0.2) is 40.0 Å². The zero-order valence-corrected chi connectivity index (χ0v) is 17.1. The van der Waals surface area contributed by atoms with Crippen molar-refractivity contribution in [3.05, 3.63) is 42.4 Å². The summed E-state index contributed by atoms with van der Waals surface area (Å²) in [5, 5.41) is 0. The molecule has 2 aliphatic heterocycles. The number of rotatable bonds is 4. The lowest BCUT2D eigenvalue weighted by atomic mass is 9.88. The summed E-state index contributed by atoms with van der Waals surface area (Å²) in [5.74, 6) is 2.82. The van der Waals surface area contributed by atoms with Crippen molar-refractivity contribution >= 4 is 11.6 Å². The molecule has 4 heterocycles. The Kier molecular flexibility index (Phi) is 4.04. The van der Waals surface area contributed by atoms with Crippen LogP contribution in [0.3, 0.4) is 0 Å². The van der Waals surface area contributed by atoms with Crippen molar-refractivity contribution in [2.45, 2.75) is 45.6 Å². The maximum Gasteiger partial charge on any atom is 0.226 e. The molecule has 5 nitrogen and oxygen atoms in total. The Morgan fingerprint density at radius 1 is 1.32 bits per heavy atom. The van der Waals surface area contributed by atoms with Crippen LogP contribution >= 0.6 is 0 Å². The molecule has 1 amide bonds. The van der Waals surface area contributed by atoms with Crippen molar-refractivity contribution in [1.82, 2.24) is 14.5 Å². The number of hydrogen-bond donors (Lipinski definition) is 0. The minimum absolute atomic E-state index is 0.151. The third-order valence-corrected chi connectivity index (χ3v) is 6.94. The number of carbonyl (C=O) groups is 1. The summed E-state index contributed by atoms with van der Waals surface area (Å²) in [4.78, 5) is 22.4. The Bertz CT molecular complexity index is 904. The molecule has 28 heavy (non-hydrogen) atoms. The maximum atomic E-state index is 13.0. The van der Waals surface area contributed by atoms with E-state index in [1.54, 1.807) is 0 Å². The molecule has 1 spiro atoms. The van der Waals surface area contributed by atoms with Crippen molar-refractivity contribution in [2.24, 2.45) is 17.8 Å². The van der Waals surface area contributed by atoms with Gasteiger partial charge in [-0.15, -0.1) is 0 Å². The van der Waals surface area contributed by atoms with Crippen molar-refractivity contribution in [1.29, 1.82) is 0 Å². The van der Waals surface area contributed by atoms with Crippen LogP contribution in [0.25, 0.3) is 5.82 Å². The molecule has 3 atom stereocenters. The van der Waals surface area contributed by atoms with Crippen molar-refractivity contribution in [2.75, 3.05) is 24.5 Å². The van der Waals surface area contributed by atoms with Gasteiger partial charge >= 0.3 is 0 Å². The molecule has 0 N–H and O–H groups in total. The summed E-state index contributed by atoms with van der Waals surface area (Å²) in [6, 6.07) is 8.58. The van der Waals surface area contributed by atoms with E-state index in [1.165, 1.54) is 11.4 Å². The smallest absolute Gasteiger partial charge is 0.226 e. The first-order valence-corrected chi connectivity index (χ1v) is 10.7. The molecule has 0 radical (unpaired) electrons. The minimum Gasteiger partial charge on any atom is -0.355 e. The van der Waals surface area contributed by atoms with Gasteiger partial charge in [0.1, 0.15) is 5.54 Å². The van der Waals surface area contributed by atoms with E-state index in [4.69, 9.17) is 4.98 Å². The molecule has 1 aliphatic carbocycles. The molecule has 1 saturated heterocycles. The second-order valence-corrected chi connectivity index (χ2v) is 9.30. The number of amides is 1.